The molecule has 3 heterocycles. The Morgan fingerprint density at radius 2 is 2.03 bits per heavy atom. The maximum absolute atomic E-state index is 8.90. The largest absolute Gasteiger partial charge is 0.493 e. The highest BCUT2D eigenvalue weighted by atomic mass is 16.5. The number of imidazole rings is 1. The van der Waals surface area contributed by atoms with Gasteiger partial charge in [0.15, 0.2) is 0 Å². The van der Waals surface area contributed by atoms with Crippen LogP contribution >= 0.6 is 0 Å². The molecular weight excluding hydrogens is 430 g/mol. The molecular formula is C25H27N7O2. The number of allylic oxidation sites excluding steroid dienone is 1. The summed E-state index contributed by atoms with van der Waals surface area (Å²) in [6.07, 6.45) is 9.09. The maximum atomic E-state index is 8.90. The van der Waals surface area contributed by atoms with Crippen LogP contribution < -0.4 is 15.8 Å². The van der Waals surface area contributed by atoms with Gasteiger partial charge in [-0.15, -0.1) is 0 Å². The molecule has 0 unspecified atom stereocenters. The van der Waals surface area contributed by atoms with E-state index < -0.39 is 0 Å². The zero-order valence-electron chi connectivity index (χ0n) is 18.9. The second-order valence-corrected chi connectivity index (χ2v) is 7.51. The van der Waals surface area contributed by atoms with E-state index in [-0.39, 0.29) is 6.61 Å². The van der Waals surface area contributed by atoms with E-state index in [1.54, 1.807) is 25.7 Å². The van der Waals surface area contributed by atoms with Crippen molar-refractivity contribution in [3.05, 3.63) is 78.5 Å². The Morgan fingerprint density at radius 3 is 2.79 bits per heavy atom. The molecule has 0 amide bonds. The van der Waals surface area contributed by atoms with E-state index in [1.165, 1.54) is 6.33 Å². The number of pyridine rings is 1. The van der Waals surface area contributed by atoms with Gasteiger partial charge >= 0.3 is 0 Å². The molecule has 0 atom stereocenters. The Balaban J connectivity index is 1.45. The fourth-order valence-electron chi connectivity index (χ4n) is 3.45. The van der Waals surface area contributed by atoms with E-state index in [1.807, 2.05) is 53.1 Å². The first-order chi connectivity index (χ1) is 16.7. The predicted octanol–water partition coefficient (Wildman–Crippen LogP) is 3.16. The minimum Gasteiger partial charge on any atom is -0.493 e. The summed E-state index contributed by atoms with van der Waals surface area (Å²) in [5.74, 6) is 1.43. The van der Waals surface area contributed by atoms with Gasteiger partial charge in [0.05, 0.1) is 24.2 Å². The third-order valence-electron chi connectivity index (χ3n) is 5.19. The Kier molecular flexibility index (Phi) is 7.46. The molecule has 0 aliphatic rings. The average molecular weight is 458 g/mol. The van der Waals surface area contributed by atoms with Crippen molar-refractivity contribution in [2.45, 2.75) is 13.0 Å². The first kappa shape index (κ1) is 22.9. The standard InChI is InChI=1S/C25H27N7O2/c1-27-15-20(13-26)19-5-3-18(4-6-19)14-28-24-12-22(30-17-31-24)23-16-29-25-11-21(7-8-32(23)25)34-10-2-9-33/h3-8,11-13,15-17,33H,2,9-10,14,26H2,1H3,(H,28,30,31). The maximum Gasteiger partial charge on any atom is 0.140 e. The van der Waals surface area contributed by atoms with Crippen molar-refractivity contribution in [2.24, 2.45) is 10.7 Å². The smallest absolute Gasteiger partial charge is 0.140 e. The summed E-state index contributed by atoms with van der Waals surface area (Å²) in [7, 11) is 1.72. The number of benzene rings is 1. The number of nitrogens with one attached hydrogen (secondary N) is 1. The number of nitrogens with two attached hydrogens (primary N) is 1. The minimum absolute atomic E-state index is 0.103. The van der Waals surface area contributed by atoms with Gasteiger partial charge in [-0.2, -0.15) is 0 Å². The lowest BCUT2D eigenvalue weighted by molar-refractivity contribution is 0.233. The number of rotatable bonds is 10. The molecule has 0 aliphatic heterocycles. The second kappa shape index (κ2) is 11.1. The van der Waals surface area contributed by atoms with E-state index in [0.717, 1.165) is 33.7 Å². The molecule has 4 rings (SSSR count). The van der Waals surface area contributed by atoms with Crippen LogP contribution in [0.4, 0.5) is 5.82 Å². The molecule has 0 saturated heterocycles. The minimum atomic E-state index is 0.103. The molecule has 9 nitrogen and oxygen atoms in total. The van der Waals surface area contributed by atoms with Gasteiger partial charge in [-0.05, 0) is 17.2 Å². The van der Waals surface area contributed by atoms with Crippen molar-refractivity contribution in [3.8, 4) is 17.1 Å². The first-order valence-electron chi connectivity index (χ1n) is 10.9. The molecule has 0 saturated carbocycles. The highest BCUT2D eigenvalue weighted by molar-refractivity contribution is 6.09. The molecule has 0 aliphatic carbocycles. The highest BCUT2D eigenvalue weighted by Gasteiger charge is 2.10. The molecule has 9 heteroatoms. The molecule has 0 radical (unpaired) electrons. The van der Waals surface area contributed by atoms with Crippen LogP contribution in [0, 0.1) is 0 Å². The third kappa shape index (κ3) is 5.38. The summed E-state index contributed by atoms with van der Waals surface area (Å²) >= 11 is 0. The molecule has 0 spiro atoms. The van der Waals surface area contributed by atoms with Crippen LogP contribution in [0.15, 0.2) is 72.4 Å². The number of aliphatic imine (C=N–C) groups is 1. The molecule has 4 aromatic rings. The number of nitrogens with zero attached hydrogens (tertiary/aromatic N) is 5. The topological polar surface area (TPSA) is 123 Å². The second-order valence-electron chi connectivity index (χ2n) is 7.51. The average Bonchev–Trinajstić information content (AvgIpc) is 3.30. The van der Waals surface area contributed by atoms with Gasteiger partial charge < -0.3 is 20.9 Å². The van der Waals surface area contributed by atoms with Crippen molar-refractivity contribution in [3.63, 3.8) is 0 Å². The van der Waals surface area contributed by atoms with Crippen molar-refractivity contribution >= 4 is 23.3 Å². The summed E-state index contributed by atoms with van der Waals surface area (Å²) < 4.78 is 7.59. The zero-order chi connectivity index (χ0) is 23.8. The van der Waals surface area contributed by atoms with E-state index >= 15 is 0 Å². The molecule has 0 bridgehead atoms. The lowest BCUT2D eigenvalue weighted by atomic mass is 10.1. The highest BCUT2D eigenvalue weighted by Crippen LogP contribution is 2.23. The lowest BCUT2D eigenvalue weighted by Gasteiger charge is -2.09. The molecule has 0 fully saturated rings. The van der Waals surface area contributed by atoms with Crippen LogP contribution in [0.5, 0.6) is 5.75 Å². The van der Waals surface area contributed by atoms with E-state index in [4.69, 9.17) is 15.6 Å². The van der Waals surface area contributed by atoms with Crippen LogP contribution in [-0.4, -0.2) is 50.9 Å². The fraction of sp³-hybridized carbons (Fsp3) is 0.200. The molecule has 174 valence electrons. The SMILES string of the molecule is CN=CC(=CN)c1ccc(CNc2cc(-c3cnc4cc(OCCCO)ccn34)ncn2)cc1. The van der Waals surface area contributed by atoms with E-state index in [9.17, 15) is 0 Å². The van der Waals surface area contributed by atoms with Crippen molar-refractivity contribution in [2.75, 3.05) is 25.6 Å². The number of aliphatic hydroxyl groups excluding tert-OH is 1. The number of ether oxygens (including phenoxy) is 1. The van der Waals surface area contributed by atoms with Gasteiger partial charge in [0.25, 0.3) is 0 Å². The van der Waals surface area contributed by atoms with Crippen LogP contribution in [-0.2, 0) is 6.54 Å². The van der Waals surface area contributed by atoms with Crippen molar-refractivity contribution < 1.29 is 9.84 Å². The van der Waals surface area contributed by atoms with Crippen LogP contribution in [0.1, 0.15) is 17.5 Å². The summed E-state index contributed by atoms with van der Waals surface area (Å²) in [4.78, 5) is 17.3. The first-order valence-corrected chi connectivity index (χ1v) is 10.9. The van der Waals surface area contributed by atoms with Gasteiger partial charge in [-0.25, -0.2) is 15.0 Å². The molecule has 4 N–H and O–H groups in total. The molecule has 34 heavy (non-hydrogen) atoms. The normalized spacial score (nSPS) is 11.9. The van der Waals surface area contributed by atoms with Gasteiger partial charge in [-0.1, -0.05) is 24.3 Å². The Labute approximate surface area is 197 Å². The van der Waals surface area contributed by atoms with Gasteiger partial charge in [0.1, 0.15) is 23.5 Å². The third-order valence-corrected chi connectivity index (χ3v) is 5.19. The lowest BCUT2D eigenvalue weighted by Crippen LogP contribution is -2.03. The Morgan fingerprint density at radius 1 is 1.18 bits per heavy atom. The number of hydrogen-bond acceptors (Lipinski definition) is 8. The van der Waals surface area contributed by atoms with Crippen molar-refractivity contribution in [1.29, 1.82) is 0 Å². The van der Waals surface area contributed by atoms with Gasteiger partial charge in [-0.3, -0.25) is 9.39 Å². The zero-order valence-corrected chi connectivity index (χ0v) is 18.9. The van der Waals surface area contributed by atoms with Crippen molar-refractivity contribution in [1.82, 2.24) is 19.4 Å². The fourth-order valence-corrected chi connectivity index (χ4v) is 3.45. The predicted molar refractivity (Wildman–Crippen MR) is 134 cm³/mol. The quantitative estimate of drug-likeness (QED) is 0.247. The summed E-state index contributed by atoms with van der Waals surface area (Å²) in [5, 5.41) is 12.3. The number of anilines is 1. The number of aliphatic hydroxyl groups is 1. The molecule has 1 aromatic carbocycles. The Hall–Kier alpha value is -4.24. The van der Waals surface area contributed by atoms with Gasteiger partial charge in [0.2, 0.25) is 0 Å². The number of aromatic nitrogens is 4. The molecule has 3 aromatic heterocycles. The summed E-state index contributed by atoms with van der Waals surface area (Å²) in [5.41, 5.74) is 11.0. The summed E-state index contributed by atoms with van der Waals surface area (Å²) in [6.45, 7) is 1.18. The van der Waals surface area contributed by atoms with Crippen LogP contribution in [0.3, 0.4) is 0 Å². The van der Waals surface area contributed by atoms with Crippen LogP contribution in [0.25, 0.3) is 22.6 Å². The van der Waals surface area contributed by atoms with Crippen LogP contribution in [0.2, 0.25) is 0 Å². The van der Waals surface area contributed by atoms with E-state index in [2.05, 4.69) is 25.3 Å². The summed E-state index contributed by atoms with van der Waals surface area (Å²) in [6, 6.07) is 13.8. The van der Waals surface area contributed by atoms with Gasteiger partial charge in [0, 0.05) is 62.9 Å². The monoisotopic (exact) mass is 457 g/mol. The Bertz CT molecular complexity index is 1300. The number of hydrogen-bond donors (Lipinski definition) is 3. The number of fused-ring (bicyclic) bond motifs is 1. The van der Waals surface area contributed by atoms with E-state index in [0.29, 0.717) is 31.1 Å².